The van der Waals surface area contributed by atoms with E-state index in [2.05, 4.69) is 11.6 Å². The number of pyridine rings is 1. The third kappa shape index (κ3) is 1.68. The van der Waals surface area contributed by atoms with E-state index < -0.39 is 0 Å². The Morgan fingerprint density at radius 1 is 1.67 bits per heavy atom. The summed E-state index contributed by atoms with van der Waals surface area (Å²) in [5, 5.41) is 8.48. The third-order valence-electron chi connectivity index (χ3n) is 1.51. The van der Waals surface area contributed by atoms with Gasteiger partial charge in [-0.15, -0.1) is 6.58 Å². The SMILES string of the molecule is C=C[C@@H](N)c1ccc(C#N)cn1. The summed E-state index contributed by atoms with van der Waals surface area (Å²) in [6.45, 7) is 3.55. The first-order valence-electron chi connectivity index (χ1n) is 3.52. The van der Waals surface area contributed by atoms with Gasteiger partial charge in [0.05, 0.1) is 17.3 Å². The Kier molecular flexibility index (Phi) is 2.57. The normalized spacial score (nSPS) is 11.7. The van der Waals surface area contributed by atoms with Crippen molar-refractivity contribution in [3.63, 3.8) is 0 Å². The molecule has 0 amide bonds. The van der Waals surface area contributed by atoms with Crippen LogP contribution in [0.5, 0.6) is 0 Å². The first kappa shape index (κ1) is 8.44. The first-order chi connectivity index (χ1) is 5.77. The Morgan fingerprint density at radius 3 is 2.83 bits per heavy atom. The molecule has 1 aromatic heterocycles. The highest BCUT2D eigenvalue weighted by atomic mass is 14.8. The van der Waals surface area contributed by atoms with Crippen LogP contribution in [0.25, 0.3) is 0 Å². The van der Waals surface area contributed by atoms with Gasteiger partial charge in [-0.25, -0.2) is 0 Å². The smallest absolute Gasteiger partial charge is 0.101 e. The third-order valence-corrected chi connectivity index (χ3v) is 1.51. The van der Waals surface area contributed by atoms with Gasteiger partial charge in [0.2, 0.25) is 0 Å². The zero-order chi connectivity index (χ0) is 8.97. The van der Waals surface area contributed by atoms with Gasteiger partial charge >= 0.3 is 0 Å². The van der Waals surface area contributed by atoms with Crippen LogP contribution in [0.15, 0.2) is 31.0 Å². The molecule has 2 N–H and O–H groups in total. The van der Waals surface area contributed by atoms with Gasteiger partial charge in [0.15, 0.2) is 0 Å². The maximum Gasteiger partial charge on any atom is 0.101 e. The maximum absolute atomic E-state index is 8.48. The molecular formula is C9H9N3. The van der Waals surface area contributed by atoms with Crippen LogP contribution in [0.4, 0.5) is 0 Å². The van der Waals surface area contributed by atoms with E-state index in [9.17, 15) is 0 Å². The Morgan fingerprint density at radius 2 is 2.42 bits per heavy atom. The number of hydrogen-bond acceptors (Lipinski definition) is 3. The second-order valence-corrected chi connectivity index (χ2v) is 2.35. The zero-order valence-electron chi connectivity index (χ0n) is 6.57. The second-order valence-electron chi connectivity index (χ2n) is 2.35. The lowest BCUT2D eigenvalue weighted by Gasteiger charge is -2.03. The largest absolute Gasteiger partial charge is 0.319 e. The van der Waals surface area contributed by atoms with Gasteiger partial charge in [-0.05, 0) is 12.1 Å². The molecule has 0 aliphatic rings. The van der Waals surface area contributed by atoms with E-state index in [1.54, 1.807) is 18.2 Å². The average Bonchev–Trinajstić information content (AvgIpc) is 2.17. The molecule has 1 heterocycles. The minimum absolute atomic E-state index is 0.252. The minimum atomic E-state index is -0.252. The van der Waals surface area contributed by atoms with Crippen molar-refractivity contribution >= 4 is 0 Å². The van der Waals surface area contributed by atoms with Crippen molar-refractivity contribution in [3.8, 4) is 6.07 Å². The summed E-state index contributed by atoms with van der Waals surface area (Å²) in [5.74, 6) is 0. The molecule has 0 radical (unpaired) electrons. The molecule has 0 aliphatic carbocycles. The van der Waals surface area contributed by atoms with Crippen LogP contribution in [-0.4, -0.2) is 4.98 Å². The molecule has 1 aromatic rings. The van der Waals surface area contributed by atoms with Crippen LogP contribution in [0, 0.1) is 11.3 Å². The maximum atomic E-state index is 8.48. The molecule has 0 bridgehead atoms. The average molecular weight is 159 g/mol. The molecule has 0 saturated carbocycles. The fraction of sp³-hybridized carbons (Fsp3) is 0.111. The summed E-state index contributed by atoms with van der Waals surface area (Å²) < 4.78 is 0. The van der Waals surface area contributed by atoms with E-state index in [-0.39, 0.29) is 6.04 Å². The van der Waals surface area contributed by atoms with Crippen molar-refractivity contribution in [2.45, 2.75) is 6.04 Å². The predicted octanol–water partition coefficient (Wildman–Crippen LogP) is 1.14. The standard InChI is InChI=1S/C9H9N3/c1-2-8(11)9-4-3-7(5-10)6-12-9/h2-4,6,8H,1,11H2/t8-/m1/s1. The molecule has 12 heavy (non-hydrogen) atoms. The van der Waals surface area contributed by atoms with Crippen molar-refractivity contribution in [2.75, 3.05) is 0 Å². The molecular weight excluding hydrogens is 150 g/mol. The summed E-state index contributed by atoms with van der Waals surface area (Å²) in [4.78, 5) is 4.00. The van der Waals surface area contributed by atoms with Crippen LogP contribution in [0.2, 0.25) is 0 Å². The van der Waals surface area contributed by atoms with Crippen molar-refractivity contribution in [2.24, 2.45) is 5.73 Å². The highest BCUT2D eigenvalue weighted by Gasteiger charge is 2.01. The van der Waals surface area contributed by atoms with Gasteiger partial charge in [-0.1, -0.05) is 6.08 Å². The van der Waals surface area contributed by atoms with Crippen molar-refractivity contribution in [3.05, 3.63) is 42.2 Å². The number of aromatic nitrogens is 1. The highest BCUT2D eigenvalue weighted by Crippen LogP contribution is 2.07. The topological polar surface area (TPSA) is 62.7 Å². The van der Waals surface area contributed by atoms with E-state index in [1.165, 1.54) is 6.20 Å². The Bertz CT molecular complexity index is 308. The summed E-state index contributed by atoms with van der Waals surface area (Å²) in [6.07, 6.45) is 3.10. The summed E-state index contributed by atoms with van der Waals surface area (Å²) in [5.41, 5.74) is 6.89. The fourth-order valence-electron chi connectivity index (χ4n) is 0.789. The van der Waals surface area contributed by atoms with Crippen LogP contribution in [-0.2, 0) is 0 Å². The number of hydrogen-bond donors (Lipinski definition) is 1. The molecule has 0 aromatic carbocycles. The predicted molar refractivity (Wildman–Crippen MR) is 46.1 cm³/mol. The van der Waals surface area contributed by atoms with Gasteiger partial charge in [0.1, 0.15) is 6.07 Å². The molecule has 0 fully saturated rings. The van der Waals surface area contributed by atoms with Gasteiger partial charge < -0.3 is 5.73 Å². The first-order valence-corrected chi connectivity index (χ1v) is 3.52. The molecule has 1 atom stereocenters. The van der Waals surface area contributed by atoms with Crippen molar-refractivity contribution in [1.82, 2.24) is 4.98 Å². The quantitative estimate of drug-likeness (QED) is 0.658. The van der Waals surface area contributed by atoms with Crippen LogP contribution in [0.3, 0.4) is 0 Å². The Hall–Kier alpha value is -1.66. The van der Waals surface area contributed by atoms with Gasteiger partial charge in [0.25, 0.3) is 0 Å². The highest BCUT2D eigenvalue weighted by molar-refractivity contribution is 5.27. The molecule has 0 aliphatic heterocycles. The van der Waals surface area contributed by atoms with E-state index in [0.29, 0.717) is 5.56 Å². The van der Waals surface area contributed by atoms with Crippen molar-refractivity contribution < 1.29 is 0 Å². The molecule has 3 nitrogen and oxygen atoms in total. The molecule has 60 valence electrons. The molecule has 0 saturated heterocycles. The van der Waals surface area contributed by atoms with E-state index in [0.717, 1.165) is 5.69 Å². The molecule has 3 heteroatoms. The number of nitrogens with zero attached hydrogens (tertiary/aromatic N) is 2. The zero-order valence-corrected chi connectivity index (χ0v) is 6.57. The van der Waals surface area contributed by atoms with Gasteiger partial charge in [0, 0.05) is 6.20 Å². The number of nitriles is 1. The summed E-state index contributed by atoms with van der Waals surface area (Å²) in [7, 11) is 0. The molecule has 0 spiro atoms. The fourth-order valence-corrected chi connectivity index (χ4v) is 0.789. The van der Waals surface area contributed by atoms with E-state index >= 15 is 0 Å². The minimum Gasteiger partial charge on any atom is -0.319 e. The second kappa shape index (κ2) is 3.65. The summed E-state index contributed by atoms with van der Waals surface area (Å²) >= 11 is 0. The number of nitrogens with two attached hydrogens (primary N) is 1. The monoisotopic (exact) mass is 159 g/mol. The van der Waals surface area contributed by atoms with Crippen LogP contribution >= 0.6 is 0 Å². The lowest BCUT2D eigenvalue weighted by Crippen LogP contribution is -2.08. The van der Waals surface area contributed by atoms with Crippen LogP contribution in [0.1, 0.15) is 17.3 Å². The van der Waals surface area contributed by atoms with E-state index in [4.69, 9.17) is 11.0 Å². The molecule has 0 unspecified atom stereocenters. The number of rotatable bonds is 2. The lowest BCUT2D eigenvalue weighted by molar-refractivity contribution is 0.863. The lowest BCUT2D eigenvalue weighted by atomic mass is 10.2. The van der Waals surface area contributed by atoms with E-state index in [1.807, 2.05) is 6.07 Å². The Balaban J connectivity index is 2.93. The van der Waals surface area contributed by atoms with Gasteiger partial charge in [-0.3, -0.25) is 4.98 Å². The molecule has 1 rings (SSSR count). The van der Waals surface area contributed by atoms with Crippen LogP contribution < -0.4 is 5.73 Å². The summed E-state index contributed by atoms with van der Waals surface area (Å²) in [6, 6.07) is 5.14. The van der Waals surface area contributed by atoms with Crippen molar-refractivity contribution in [1.29, 1.82) is 5.26 Å². The Labute approximate surface area is 71.2 Å². The van der Waals surface area contributed by atoms with Gasteiger partial charge in [-0.2, -0.15) is 5.26 Å².